The van der Waals surface area contributed by atoms with E-state index in [1.165, 1.54) is 135 Å². The van der Waals surface area contributed by atoms with Crippen LogP contribution in [0.15, 0.2) is 72.9 Å². The number of nitrogens with one attached hydrogen (secondary N) is 1. The van der Waals surface area contributed by atoms with Crippen LogP contribution in [0.2, 0.25) is 0 Å². The fourth-order valence-corrected chi connectivity index (χ4v) is 9.28. The minimum absolute atomic E-state index is 0.0312. The van der Waals surface area contributed by atoms with Crippen molar-refractivity contribution in [3.63, 3.8) is 0 Å². The maximum Gasteiger partial charge on any atom is 0.306 e. The Morgan fingerprint density at radius 2 is 0.824 bits per heavy atom. The number of phosphoric acid groups is 1. The number of ether oxygens (including phenoxy) is 1. The molecule has 0 radical (unpaired) electrons. The average molecular weight is 1060 g/mol. The van der Waals surface area contributed by atoms with Gasteiger partial charge in [0.1, 0.15) is 19.3 Å². The number of hydrogen-bond acceptors (Lipinski definition) is 7. The topological polar surface area (TPSA) is 114 Å². The molecule has 1 N–H and O–H groups in total. The van der Waals surface area contributed by atoms with Crippen molar-refractivity contribution in [2.75, 3.05) is 40.9 Å². The lowest BCUT2D eigenvalue weighted by Gasteiger charge is -2.30. The summed E-state index contributed by atoms with van der Waals surface area (Å²) in [7, 11) is 1.16. The molecule has 0 saturated heterocycles. The SMILES string of the molecule is CCCCC/C=C\C/C=C\C/C=C\C/C=C\CCCCCC(=O)OC(/C=C/CCCCCCCCCCCCC)C(COP(=O)([O-])OCC[N+](C)(C)C)NC(=O)CCCCCCC/C=C/CCCCCCCCC. The second kappa shape index (κ2) is 53.8. The van der Waals surface area contributed by atoms with Crippen LogP contribution in [0.4, 0.5) is 0 Å². The van der Waals surface area contributed by atoms with Crippen LogP contribution in [0.5, 0.6) is 0 Å². The van der Waals surface area contributed by atoms with Gasteiger partial charge in [0.05, 0.1) is 33.8 Å². The van der Waals surface area contributed by atoms with E-state index in [2.05, 4.69) is 86.8 Å². The van der Waals surface area contributed by atoms with Crippen molar-refractivity contribution in [2.45, 2.75) is 283 Å². The van der Waals surface area contributed by atoms with Gasteiger partial charge in [-0.2, -0.15) is 0 Å². The molecule has 0 saturated carbocycles. The van der Waals surface area contributed by atoms with E-state index < -0.39 is 26.6 Å². The van der Waals surface area contributed by atoms with Crippen LogP contribution in [0.25, 0.3) is 0 Å². The zero-order valence-electron chi connectivity index (χ0n) is 49.0. The van der Waals surface area contributed by atoms with Crippen molar-refractivity contribution < 1.29 is 37.3 Å². The van der Waals surface area contributed by atoms with E-state index in [4.69, 9.17) is 13.8 Å². The molecule has 0 aromatic heterocycles. The van der Waals surface area contributed by atoms with Crippen molar-refractivity contribution in [1.29, 1.82) is 0 Å². The smallest absolute Gasteiger partial charge is 0.306 e. The van der Waals surface area contributed by atoms with Crippen molar-refractivity contribution in [3.8, 4) is 0 Å². The van der Waals surface area contributed by atoms with Crippen LogP contribution in [-0.4, -0.2) is 69.4 Å². The summed E-state index contributed by atoms with van der Waals surface area (Å²) in [6.07, 6.45) is 68.6. The van der Waals surface area contributed by atoms with E-state index in [-0.39, 0.29) is 24.9 Å². The first-order valence-corrected chi connectivity index (χ1v) is 32.2. The minimum atomic E-state index is -4.71. The summed E-state index contributed by atoms with van der Waals surface area (Å²) in [6, 6.07) is -0.908. The molecule has 0 aromatic rings. The third-order valence-corrected chi connectivity index (χ3v) is 14.3. The van der Waals surface area contributed by atoms with Crippen LogP contribution in [0.3, 0.4) is 0 Å². The summed E-state index contributed by atoms with van der Waals surface area (Å²) >= 11 is 0. The number of likely N-dealkylation sites (N-methyl/N-ethyl adjacent to an activating group) is 1. The number of allylic oxidation sites excluding steroid dienone is 11. The van der Waals surface area contributed by atoms with Crippen molar-refractivity contribution >= 4 is 19.7 Å². The highest BCUT2D eigenvalue weighted by molar-refractivity contribution is 7.45. The lowest BCUT2D eigenvalue weighted by Crippen LogP contribution is -2.47. The number of quaternary nitrogens is 1. The average Bonchev–Trinajstić information content (AvgIpc) is 3.36. The molecule has 0 bridgehead atoms. The summed E-state index contributed by atoms with van der Waals surface area (Å²) in [6.45, 7) is 6.79. The molecule has 0 heterocycles. The fourth-order valence-electron chi connectivity index (χ4n) is 8.56. The summed E-state index contributed by atoms with van der Waals surface area (Å²) < 4.78 is 30.3. The highest BCUT2D eigenvalue weighted by Gasteiger charge is 2.27. The van der Waals surface area contributed by atoms with Crippen LogP contribution in [-0.2, 0) is 27.9 Å². The van der Waals surface area contributed by atoms with Crippen LogP contribution in [0.1, 0.15) is 271 Å². The van der Waals surface area contributed by atoms with Crippen molar-refractivity contribution in [3.05, 3.63) is 72.9 Å². The third-order valence-electron chi connectivity index (χ3n) is 13.4. The summed E-state index contributed by atoms with van der Waals surface area (Å²) in [5.41, 5.74) is 0. The molecule has 0 spiro atoms. The Hall–Kier alpha value is -2.55. The van der Waals surface area contributed by atoms with Gasteiger partial charge >= 0.3 is 5.97 Å². The Morgan fingerprint density at radius 3 is 1.28 bits per heavy atom. The molecule has 0 aliphatic heterocycles. The number of phosphoric ester groups is 1. The fraction of sp³-hybridized carbons (Fsp3) is 0.781. The van der Waals surface area contributed by atoms with Crippen LogP contribution in [0, 0.1) is 0 Å². The van der Waals surface area contributed by atoms with Gasteiger partial charge in [-0.05, 0) is 102 Å². The maximum atomic E-state index is 13.5. The summed E-state index contributed by atoms with van der Waals surface area (Å²) in [5, 5.41) is 3.02. The van der Waals surface area contributed by atoms with E-state index >= 15 is 0 Å². The first-order chi connectivity index (χ1) is 35.9. The molecule has 3 atom stereocenters. The second-order valence-electron chi connectivity index (χ2n) is 21.8. The Kier molecular flexibility index (Phi) is 52.0. The third kappa shape index (κ3) is 54.2. The minimum Gasteiger partial charge on any atom is -0.756 e. The zero-order chi connectivity index (χ0) is 54.3. The van der Waals surface area contributed by atoms with Crippen LogP contribution < -0.4 is 10.2 Å². The molecule has 0 aliphatic rings. The number of carbonyl (C=O) groups excluding carboxylic acids is 2. The Balaban J connectivity index is 5.39. The van der Waals surface area contributed by atoms with Crippen molar-refractivity contribution in [2.24, 2.45) is 0 Å². The molecule has 0 fully saturated rings. The van der Waals surface area contributed by atoms with Gasteiger partial charge in [0, 0.05) is 12.8 Å². The summed E-state index contributed by atoms with van der Waals surface area (Å²) in [5.74, 6) is -0.585. The first kappa shape index (κ1) is 71.5. The van der Waals surface area contributed by atoms with Gasteiger partial charge in [-0.1, -0.05) is 229 Å². The van der Waals surface area contributed by atoms with E-state index in [9.17, 15) is 19.0 Å². The molecular weight excluding hydrogens is 940 g/mol. The van der Waals surface area contributed by atoms with Gasteiger partial charge in [-0.25, -0.2) is 0 Å². The monoisotopic (exact) mass is 1060 g/mol. The van der Waals surface area contributed by atoms with E-state index in [1.807, 2.05) is 33.3 Å². The zero-order valence-corrected chi connectivity index (χ0v) is 49.9. The molecule has 0 aromatic carbocycles. The molecule has 74 heavy (non-hydrogen) atoms. The highest BCUT2D eigenvalue weighted by atomic mass is 31.2. The molecule has 1 amide bonds. The summed E-state index contributed by atoms with van der Waals surface area (Å²) in [4.78, 5) is 40.0. The highest BCUT2D eigenvalue weighted by Crippen LogP contribution is 2.38. The van der Waals surface area contributed by atoms with Gasteiger partial charge in [0.25, 0.3) is 7.82 Å². The molecule has 0 aliphatic carbocycles. The number of nitrogens with zero attached hydrogens (tertiary/aromatic N) is 1. The Bertz CT molecular complexity index is 1500. The Morgan fingerprint density at radius 1 is 0.473 bits per heavy atom. The Labute approximate surface area is 457 Å². The molecule has 10 heteroatoms. The number of amides is 1. The van der Waals surface area contributed by atoms with Gasteiger partial charge in [-0.15, -0.1) is 0 Å². The lowest BCUT2D eigenvalue weighted by molar-refractivity contribution is -0.870. The van der Waals surface area contributed by atoms with Gasteiger partial charge in [0.2, 0.25) is 5.91 Å². The first-order valence-electron chi connectivity index (χ1n) is 30.7. The lowest BCUT2D eigenvalue weighted by atomic mass is 10.0. The quantitative estimate of drug-likeness (QED) is 0.0212. The van der Waals surface area contributed by atoms with Gasteiger partial charge in [-0.3, -0.25) is 14.2 Å². The molecular formula is C64H117N2O7P. The van der Waals surface area contributed by atoms with Crippen molar-refractivity contribution in [1.82, 2.24) is 5.32 Å². The van der Waals surface area contributed by atoms with Gasteiger partial charge < -0.3 is 28.5 Å². The molecule has 9 nitrogen and oxygen atoms in total. The molecule has 3 unspecified atom stereocenters. The number of rotatable bonds is 55. The second-order valence-corrected chi connectivity index (χ2v) is 23.3. The predicted octanol–water partition coefficient (Wildman–Crippen LogP) is 18.2. The number of hydrogen-bond donors (Lipinski definition) is 1. The van der Waals surface area contributed by atoms with E-state index in [1.54, 1.807) is 0 Å². The largest absolute Gasteiger partial charge is 0.756 e. The molecule has 0 rings (SSSR count). The van der Waals surface area contributed by atoms with E-state index in [0.29, 0.717) is 23.9 Å². The normalized spacial score (nSPS) is 14.2. The maximum absolute atomic E-state index is 13.5. The number of carbonyl (C=O) groups is 2. The number of unbranched alkanes of at least 4 members (excludes halogenated alkanes) is 29. The van der Waals surface area contributed by atoms with E-state index in [0.717, 1.165) is 96.3 Å². The predicted molar refractivity (Wildman–Crippen MR) is 316 cm³/mol. The van der Waals surface area contributed by atoms with Crippen LogP contribution >= 0.6 is 7.82 Å². The molecule has 430 valence electrons. The standard InChI is InChI=1S/C64H117N2O7P/c1-7-10-13-16-19-22-25-28-30-32-33-34-36-39-42-45-48-51-54-57-64(68)73-62(55-52-49-46-43-40-37-27-24-21-18-15-12-9-3)61(60-72-74(69,70)71-59-58-66(4,5)6)65-63(67)56-53-50-47-44-41-38-35-31-29-26-23-20-17-14-11-8-2/h19,22,28,30-31,33-35,39,42,52,55,61-62H,7-18,20-21,23-27,29,32,36-38,40-41,43-51,53-54,56-60H2,1-6H3,(H-,65,67,69,70)/b22-19-,30-28-,34-33-,35-31+,42-39-,55-52+. The van der Waals surface area contributed by atoms with Gasteiger partial charge in [0.15, 0.2) is 0 Å². The number of esters is 1.